The van der Waals surface area contributed by atoms with Crippen molar-refractivity contribution < 1.29 is 23.2 Å². The number of piperazine rings is 1. The number of imide groups is 1. The van der Waals surface area contributed by atoms with Crippen LogP contribution in [0, 0.1) is 5.41 Å². The van der Waals surface area contributed by atoms with Crippen molar-refractivity contribution in [2.45, 2.75) is 83.5 Å². The number of carbonyl (C=O) groups excluding carboxylic acids is 3. The molecule has 8 nitrogen and oxygen atoms in total. The molecule has 11 heteroatoms. The maximum absolute atomic E-state index is 15.8. The van der Waals surface area contributed by atoms with Gasteiger partial charge in [0.2, 0.25) is 11.8 Å². The smallest absolute Gasteiger partial charge is 0.275 e. The highest BCUT2D eigenvalue weighted by Crippen LogP contribution is 2.43. The highest BCUT2D eigenvalue weighted by atomic mass is 35.5. The van der Waals surface area contributed by atoms with Crippen LogP contribution in [0.15, 0.2) is 48.0 Å². The second-order valence-corrected chi connectivity index (χ2v) is 15.8. The van der Waals surface area contributed by atoms with E-state index in [4.69, 9.17) is 11.6 Å². The highest BCUT2D eigenvalue weighted by molar-refractivity contribution is 6.30. The van der Waals surface area contributed by atoms with E-state index in [-0.39, 0.29) is 36.7 Å². The van der Waals surface area contributed by atoms with E-state index in [2.05, 4.69) is 36.2 Å². The lowest BCUT2D eigenvalue weighted by Crippen LogP contribution is -2.61. The van der Waals surface area contributed by atoms with Crippen molar-refractivity contribution in [2.75, 3.05) is 45.8 Å². The topological polar surface area (TPSA) is 76.2 Å². The minimum atomic E-state index is -2.84. The summed E-state index contributed by atoms with van der Waals surface area (Å²) in [6, 6.07) is 12.2. The Hall–Kier alpha value is -3.18. The molecular formula is C38H46ClF2N5O3. The van der Waals surface area contributed by atoms with Gasteiger partial charge in [-0.15, -0.1) is 0 Å². The lowest BCUT2D eigenvalue weighted by molar-refractivity contribution is -0.137. The van der Waals surface area contributed by atoms with Crippen LogP contribution >= 0.6 is 11.6 Å². The number of rotatable bonds is 7. The van der Waals surface area contributed by atoms with Gasteiger partial charge >= 0.3 is 0 Å². The maximum atomic E-state index is 15.8. The summed E-state index contributed by atoms with van der Waals surface area (Å²) in [5.41, 5.74) is 6.55. The molecule has 4 aliphatic heterocycles. The number of hydrogen-bond acceptors (Lipinski definition) is 6. The highest BCUT2D eigenvalue weighted by Gasteiger charge is 2.48. The molecule has 0 saturated carbocycles. The van der Waals surface area contributed by atoms with Crippen LogP contribution in [0.1, 0.15) is 79.4 Å². The molecule has 2 atom stereocenters. The van der Waals surface area contributed by atoms with E-state index in [0.717, 1.165) is 55.0 Å². The Labute approximate surface area is 292 Å². The van der Waals surface area contributed by atoms with Gasteiger partial charge in [0.15, 0.2) is 0 Å². The van der Waals surface area contributed by atoms with E-state index in [0.29, 0.717) is 44.6 Å². The number of allylic oxidation sites excluding steroid dienone is 1. The van der Waals surface area contributed by atoms with Crippen molar-refractivity contribution in [1.29, 1.82) is 0 Å². The van der Waals surface area contributed by atoms with Crippen LogP contribution in [-0.2, 0) is 22.7 Å². The van der Waals surface area contributed by atoms with E-state index >= 15 is 8.78 Å². The molecule has 5 aliphatic rings. The third-order valence-electron chi connectivity index (χ3n) is 11.3. The first-order valence-corrected chi connectivity index (χ1v) is 18.0. The normalized spacial score (nSPS) is 26.6. The number of hydrogen-bond donors (Lipinski definition) is 1. The molecule has 262 valence electrons. The predicted octanol–water partition coefficient (Wildman–Crippen LogP) is 5.59. The number of halogens is 3. The molecular weight excluding hydrogens is 648 g/mol. The summed E-state index contributed by atoms with van der Waals surface area (Å²) < 4.78 is 31.6. The van der Waals surface area contributed by atoms with Crippen LogP contribution in [0.5, 0.6) is 0 Å². The number of likely N-dealkylation sites (tertiary alicyclic amines) is 1. The SMILES string of the molecule is CC1(C)CCC(CN2CCN(C3CCN(Cc4ccc5c(c4)CN(C4CCC(=O)NC4=O)C5=O)CC3(F)F)CC2)=C(c2ccc(Cl)cc2)C1. The zero-order valence-electron chi connectivity index (χ0n) is 28.5. The molecule has 0 spiro atoms. The molecule has 3 fully saturated rings. The van der Waals surface area contributed by atoms with Gasteiger partial charge in [0, 0.05) is 69.4 Å². The molecule has 2 aromatic carbocycles. The number of nitrogens with zero attached hydrogens (tertiary/aromatic N) is 4. The Morgan fingerprint density at radius 1 is 0.898 bits per heavy atom. The molecule has 0 bridgehead atoms. The molecule has 1 aliphatic carbocycles. The van der Waals surface area contributed by atoms with E-state index in [9.17, 15) is 14.4 Å². The van der Waals surface area contributed by atoms with E-state index in [1.807, 2.05) is 34.1 Å². The molecule has 49 heavy (non-hydrogen) atoms. The average molecular weight is 694 g/mol. The molecule has 3 saturated heterocycles. The van der Waals surface area contributed by atoms with Crippen LogP contribution in [-0.4, -0.2) is 101 Å². The quantitative estimate of drug-likeness (QED) is 0.381. The average Bonchev–Trinajstić information content (AvgIpc) is 3.37. The molecule has 7 rings (SSSR count). The van der Waals surface area contributed by atoms with Crippen LogP contribution in [0.25, 0.3) is 5.57 Å². The van der Waals surface area contributed by atoms with E-state index < -0.39 is 23.9 Å². The summed E-state index contributed by atoms with van der Waals surface area (Å²) in [4.78, 5) is 44.8. The zero-order valence-corrected chi connectivity index (χ0v) is 29.2. The zero-order chi connectivity index (χ0) is 34.5. The molecule has 1 N–H and O–H groups in total. The molecule has 3 amide bonds. The Bertz CT molecular complexity index is 1650. The summed E-state index contributed by atoms with van der Waals surface area (Å²) in [6.45, 7) is 9.29. The number of benzene rings is 2. The van der Waals surface area contributed by atoms with Gasteiger partial charge in [-0.3, -0.25) is 34.4 Å². The Kier molecular flexibility index (Phi) is 9.45. The summed E-state index contributed by atoms with van der Waals surface area (Å²) in [5, 5.41) is 3.06. The minimum absolute atomic E-state index is 0.199. The Morgan fingerprint density at radius 3 is 2.37 bits per heavy atom. The van der Waals surface area contributed by atoms with Gasteiger partial charge in [0.05, 0.1) is 12.6 Å². The van der Waals surface area contributed by atoms with Crippen LogP contribution in [0.3, 0.4) is 0 Å². The van der Waals surface area contributed by atoms with E-state index in [1.165, 1.54) is 21.6 Å². The van der Waals surface area contributed by atoms with Crippen molar-refractivity contribution in [2.24, 2.45) is 5.41 Å². The molecule has 0 aromatic heterocycles. The monoisotopic (exact) mass is 693 g/mol. The third-order valence-corrected chi connectivity index (χ3v) is 11.5. The summed E-state index contributed by atoms with van der Waals surface area (Å²) >= 11 is 6.18. The first kappa shape index (κ1) is 34.3. The van der Waals surface area contributed by atoms with Crippen LogP contribution < -0.4 is 5.32 Å². The number of piperidine rings is 2. The number of amides is 3. The number of nitrogens with one attached hydrogen (secondary N) is 1. The van der Waals surface area contributed by atoms with Gasteiger partial charge in [0.1, 0.15) is 6.04 Å². The fourth-order valence-corrected chi connectivity index (χ4v) is 8.66. The molecule has 2 unspecified atom stereocenters. The van der Waals surface area contributed by atoms with Gasteiger partial charge in [-0.25, -0.2) is 8.78 Å². The lowest BCUT2D eigenvalue weighted by atomic mass is 9.72. The predicted molar refractivity (Wildman–Crippen MR) is 185 cm³/mol. The molecule has 0 radical (unpaired) electrons. The standard InChI is InChI=1S/C38H46ClF2N5O3/c1-37(2)13-11-27(31(20-37)26-4-6-29(39)7-5-26)22-43-15-17-45(18-16-43)33-12-14-44(24-38(33,40)41)21-25-3-8-30-28(19-25)23-46(36(30)49)32-9-10-34(47)42-35(32)48/h3-8,19,32-33H,9-18,20-24H2,1-2H3,(H,42,47,48). The van der Waals surface area contributed by atoms with Crippen molar-refractivity contribution in [1.82, 2.24) is 24.9 Å². The van der Waals surface area contributed by atoms with Gasteiger partial charge < -0.3 is 4.90 Å². The van der Waals surface area contributed by atoms with Gasteiger partial charge in [-0.1, -0.05) is 55.3 Å². The Balaban J connectivity index is 0.937. The number of alkyl halides is 2. The summed E-state index contributed by atoms with van der Waals surface area (Å²) in [6.07, 6.45) is 4.14. The first-order valence-electron chi connectivity index (χ1n) is 17.7. The first-order chi connectivity index (χ1) is 23.3. The Morgan fingerprint density at radius 2 is 1.65 bits per heavy atom. The number of carbonyl (C=O) groups is 3. The summed E-state index contributed by atoms with van der Waals surface area (Å²) in [5.74, 6) is -3.84. The molecule has 4 heterocycles. The number of fused-ring (bicyclic) bond motifs is 1. The fourth-order valence-electron chi connectivity index (χ4n) is 8.53. The van der Waals surface area contributed by atoms with Crippen LogP contribution in [0.2, 0.25) is 5.02 Å². The second kappa shape index (κ2) is 13.5. The summed E-state index contributed by atoms with van der Waals surface area (Å²) in [7, 11) is 0. The van der Waals surface area contributed by atoms with Crippen molar-refractivity contribution in [3.63, 3.8) is 0 Å². The second-order valence-electron chi connectivity index (χ2n) is 15.4. The van der Waals surface area contributed by atoms with Crippen molar-refractivity contribution >= 4 is 34.9 Å². The van der Waals surface area contributed by atoms with Gasteiger partial charge in [-0.05, 0) is 78.0 Å². The van der Waals surface area contributed by atoms with E-state index in [1.54, 1.807) is 6.07 Å². The van der Waals surface area contributed by atoms with Crippen molar-refractivity contribution in [3.05, 3.63) is 75.3 Å². The van der Waals surface area contributed by atoms with Crippen LogP contribution in [0.4, 0.5) is 8.78 Å². The fraction of sp³-hybridized carbons (Fsp3) is 0.553. The third kappa shape index (κ3) is 7.34. The maximum Gasteiger partial charge on any atom is 0.275 e. The minimum Gasteiger partial charge on any atom is -0.322 e. The molecule has 2 aromatic rings. The lowest BCUT2D eigenvalue weighted by Gasteiger charge is -2.46. The van der Waals surface area contributed by atoms with Crippen molar-refractivity contribution in [3.8, 4) is 0 Å². The van der Waals surface area contributed by atoms with Gasteiger partial charge in [-0.2, -0.15) is 0 Å². The largest absolute Gasteiger partial charge is 0.322 e. The van der Waals surface area contributed by atoms with Gasteiger partial charge in [0.25, 0.3) is 11.8 Å².